The third-order valence-corrected chi connectivity index (χ3v) is 5.67. The van der Waals surface area contributed by atoms with Crippen LogP contribution in [-0.2, 0) is 25.6 Å². The maximum Gasteiger partial charge on any atom is 0.408 e. The van der Waals surface area contributed by atoms with Crippen molar-refractivity contribution in [2.75, 3.05) is 6.61 Å². The van der Waals surface area contributed by atoms with E-state index in [1.807, 2.05) is 58.0 Å². The van der Waals surface area contributed by atoms with Gasteiger partial charge in [-0.1, -0.05) is 49.8 Å². The number of alkyl carbamates (subject to hydrolysis) is 1. The number of cyclic esters (lactones) is 1. The zero-order valence-corrected chi connectivity index (χ0v) is 21.1. The van der Waals surface area contributed by atoms with Crippen molar-refractivity contribution in [3.8, 4) is 0 Å². The molecule has 1 aliphatic heterocycles. The highest BCUT2D eigenvalue weighted by Crippen LogP contribution is 2.34. The predicted molar refractivity (Wildman–Crippen MR) is 130 cm³/mol. The van der Waals surface area contributed by atoms with E-state index < -0.39 is 11.7 Å². The molecule has 1 heterocycles. The molecule has 0 aromatic heterocycles. The molecular weight excluding hydrogens is 418 g/mol. The van der Waals surface area contributed by atoms with Crippen LogP contribution in [-0.4, -0.2) is 36.4 Å². The molecule has 2 rings (SSSR count). The average Bonchev–Trinajstić information content (AvgIpc) is 3.04. The summed E-state index contributed by atoms with van der Waals surface area (Å²) in [6, 6.07) is 9.73. The molecule has 0 unspecified atom stereocenters. The van der Waals surface area contributed by atoms with Crippen LogP contribution in [0.1, 0.15) is 72.8 Å². The minimum Gasteiger partial charge on any atom is -0.460 e. The second-order valence-corrected chi connectivity index (χ2v) is 11.0. The van der Waals surface area contributed by atoms with Crippen LogP contribution in [0.2, 0.25) is 0 Å². The first kappa shape index (κ1) is 26.9. The number of amides is 1. The van der Waals surface area contributed by atoms with Crippen molar-refractivity contribution in [1.82, 2.24) is 5.32 Å². The molecule has 1 amide bonds. The summed E-state index contributed by atoms with van der Waals surface area (Å²) in [6.07, 6.45) is 1.72. The third kappa shape index (κ3) is 9.99. The molecule has 3 atom stereocenters. The van der Waals surface area contributed by atoms with Crippen molar-refractivity contribution in [2.24, 2.45) is 11.3 Å². The Morgan fingerprint density at radius 3 is 2.48 bits per heavy atom. The minimum absolute atomic E-state index is 0.144. The molecular formula is C27H41NO5. The molecule has 0 aliphatic carbocycles. The molecule has 184 valence electrons. The Bertz CT molecular complexity index is 796. The summed E-state index contributed by atoms with van der Waals surface area (Å²) in [6.45, 7) is 16.8. The first-order chi connectivity index (χ1) is 15.3. The summed E-state index contributed by atoms with van der Waals surface area (Å²) in [5, 5.41) is 2.98. The van der Waals surface area contributed by atoms with Gasteiger partial charge in [0, 0.05) is 6.61 Å². The van der Waals surface area contributed by atoms with E-state index in [0.717, 1.165) is 17.6 Å². The Morgan fingerprint density at radius 2 is 1.88 bits per heavy atom. The fourth-order valence-electron chi connectivity index (χ4n) is 4.05. The van der Waals surface area contributed by atoms with Gasteiger partial charge in [-0.2, -0.15) is 0 Å². The van der Waals surface area contributed by atoms with E-state index in [4.69, 9.17) is 14.2 Å². The number of ether oxygens (including phenoxy) is 3. The van der Waals surface area contributed by atoms with Crippen LogP contribution in [0.3, 0.4) is 0 Å². The molecule has 6 heteroatoms. The van der Waals surface area contributed by atoms with E-state index in [0.29, 0.717) is 32.5 Å². The molecule has 1 aromatic rings. The van der Waals surface area contributed by atoms with E-state index in [-0.39, 0.29) is 29.4 Å². The van der Waals surface area contributed by atoms with Gasteiger partial charge in [0.05, 0.1) is 18.6 Å². The summed E-state index contributed by atoms with van der Waals surface area (Å²) in [4.78, 5) is 25.0. The standard InChI is InChI=1S/C27H41NO5/c1-19(2)15-21-16-23(32-24(21)29)22(28-25(30)33-26(3,4)5)17-27(6,7)13-14-31-18-20-11-9-8-10-12-20/h8-12,21-23H,1,13-18H2,2-7H3,(H,28,30)/t21-,22+,23+/m1/s1. The molecule has 1 aliphatic rings. The van der Waals surface area contributed by atoms with Gasteiger partial charge in [0.25, 0.3) is 0 Å². The number of carbonyl (C=O) groups is 2. The highest BCUT2D eigenvalue weighted by atomic mass is 16.6. The van der Waals surface area contributed by atoms with Gasteiger partial charge < -0.3 is 19.5 Å². The molecule has 0 saturated carbocycles. The number of nitrogens with one attached hydrogen (secondary N) is 1. The number of benzene rings is 1. The van der Waals surface area contributed by atoms with Crippen LogP contribution in [0.25, 0.3) is 0 Å². The third-order valence-electron chi connectivity index (χ3n) is 5.67. The smallest absolute Gasteiger partial charge is 0.408 e. The van der Waals surface area contributed by atoms with Gasteiger partial charge >= 0.3 is 12.1 Å². The number of rotatable bonds is 11. The second-order valence-electron chi connectivity index (χ2n) is 11.0. The number of carbonyl (C=O) groups excluding carboxylic acids is 2. The summed E-state index contributed by atoms with van der Waals surface area (Å²) in [7, 11) is 0. The van der Waals surface area contributed by atoms with Crippen LogP contribution >= 0.6 is 0 Å². The molecule has 0 spiro atoms. The number of hydrogen-bond donors (Lipinski definition) is 1. The molecule has 1 fully saturated rings. The Labute approximate surface area is 199 Å². The lowest BCUT2D eigenvalue weighted by Gasteiger charge is -2.33. The van der Waals surface area contributed by atoms with Gasteiger partial charge in [0.2, 0.25) is 0 Å². The first-order valence-corrected chi connectivity index (χ1v) is 11.8. The zero-order valence-electron chi connectivity index (χ0n) is 21.1. The predicted octanol–water partition coefficient (Wildman–Crippen LogP) is 5.80. The van der Waals surface area contributed by atoms with E-state index in [9.17, 15) is 9.59 Å². The first-order valence-electron chi connectivity index (χ1n) is 11.8. The summed E-state index contributed by atoms with van der Waals surface area (Å²) >= 11 is 0. The lowest BCUT2D eigenvalue weighted by Crippen LogP contribution is -2.47. The second kappa shape index (κ2) is 11.7. The van der Waals surface area contributed by atoms with E-state index >= 15 is 0 Å². The Hall–Kier alpha value is -2.34. The highest BCUT2D eigenvalue weighted by Gasteiger charge is 2.41. The van der Waals surface area contributed by atoms with Gasteiger partial charge in [-0.15, -0.1) is 6.58 Å². The van der Waals surface area contributed by atoms with Crippen molar-refractivity contribution in [1.29, 1.82) is 0 Å². The quantitative estimate of drug-likeness (QED) is 0.257. The van der Waals surface area contributed by atoms with Crippen LogP contribution < -0.4 is 5.32 Å². The van der Waals surface area contributed by atoms with Crippen LogP contribution in [0, 0.1) is 11.3 Å². The topological polar surface area (TPSA) is 73.9 Å². The number of allylic oxidation sites excluding steroid dienone is 1. The lowest BCUT2D eigenvalue weighted by molar-refractivity contribution is -0.145. The molecule has 1 saturated heterocycles. The van der Waals surface area contributed by atoms with Crippen molar-refractivity contribution in [3.63, 3.8) is 0 Å². The zero-order chi connectivity index (χ0) is 24.6. The van der Waals surface area contributed by atoms with Gasteiger partial charge in [0.15, 0.2) is 0 Å². The highest BCUT2D eigenvalue weighted by molar-refractivity contribution is 5.75. The normalized spacial score (nSPS) is 19.6. The Balaban J connectivity index is 1.99. The summed E-state index contributed by atoms with van der Waals surface area (Å²) in [5.41, 5.74) is 1.34. The molecule has 1 N–H and O–H groups in total. The Morgan fingerprint density at radius 1 is 1.21 bits per heavy atom. The fraction of sp³-hybridized carbons (Fsp3) is 0.630. The monoisotopic (exact) mass is 459 g/mol. The molecule has 1 aromatic carbocycles. The Kier molecular flexibility index (Phi) is 9.53. The largest absolute Gasteiger partial charge is 0.460 e. The molecule has 33 heavy (non-hydrogen) atoms. The van der Waals surface area contributed by atoms with Crippen LogP contribution in [0.4, 0.5) is 4.79 Å². The summed E-state index contributed by atoms with van der Waals surface area (Å²) < 4.78 is 17.1. The maximum atomic E-state index is 12.6. The number of esters is 1. The van der Waals surface area contributed by atoms with E-state index in [2.05, 4.69) is 25.7 Å². The molecule has 6 nitrogen and oxygen atoms in total. The van der Waals surface area contributed by atoms with Crippen molar-refractivity contribution >= 4 is 12.1 Å². The van der Waals surface area contributed by atoms with E-state index in [1.54, 1.807) is 0 Å². The maximum absolute atomic E-state index is 12.6. The average molecular weight is 460 g/mol. The fourth-order valence-corrected chi connectivity index (χ4v) is 4.05. The van der Waals surface area contributed by atoms with Gasteiger partial charge in [0.1, 0.15) is 11.7 Å². The number of hydrogen-bond acceptors (Lipinski definition) is 5. The van der Waals surface area contributed by atoms with Crippen molar-refractivity contribution in [2.45, 2.75) is 91.6 Å². The molecule has 0 bridgehead atoms. The van der Waals surface area contributed by atoms with Gasteiger partial charge in [-0.05, 0) is 64.4 Å². The van der Waals surface area contributed by atoms with Crippen molar-refractivity contribution < 1.29 is 23.8 Å². The SMILES string of the molecule is C=C(C)C[C@@H]1C[C@@H]([C@H](CC(C)(C)CCOCc2ccccc2)NC(=O)OC(C)(C)C)OC1=O. The lowest BCUT2D eigenvalue weighted by atomic mass is 9.80. The van der Waals surface area contributed by atoms with Gasteiger partial charge in [-0.3, -0.25) is 4.79 Å². The summed E-state index contributed by atoms with van der Waals surface area (Å²) in [5.74, 6) is -0.434. The van der Waals surface area contributed by atoms with Crippen LogP contribution in [0.15, 0.2) is 42.5 Å². The van der Waals surface area contributed by atoms with Gasteiger partial charge in [-0.25, -0.2) is 4.79 Å². The van der Waals surface area contributed by atoms with Crippen molar-refractivity contribution in [3.05, 3.63) is 48.0 Å². The van der Waals surface area contributed by atoms with E-state index in [1.165, 1.54) is 0 Å². The van der Waals surface area contributed by atoms with Crippen LogP contribution in [0.5, 0.6) is 0 Å². The molecule has 0 radical (unpaired) electrons. The minimum atomic E-state index is -0.607.